The van der Waals surface area contributed by atoms with Gasteiger partial charge in [0.15, 0.2) is 0 Å². The van der Waals surface area contributed by atoms with Gasteiger partial charge in [0.05, 0.1) is 19.2 Å². The highest BCUT2D eigenvalue weighted by molar-refractivity contribution is 14.1. The molecule has 0 atom stereocenters. The van der Waals surface area contributed by atoms with Crippen molar-refractivity contribution in [2.45, 2.75) is 6.61 Å². The fourth-order valence-electron chi connectivity index (χ4n) is 2.25. The summed E-state index contributed by atoms with van der Waals surface area (Å²) in [5.74, 6) is 1.19. The molecule has 0 saturated heterocycles. The van der Waals surface area contributed by atoms with Gasteiger partial charge in [-0.15, -0.1) is 0 Å². The van der Waals surface area contributed by atoms with Crippen molar-refractivity contribution in [2.75, 3.05) is 5.43 Å². The lowest BCUT2D eigenvalue weighted by Crippen LogP contribution is -1.99. The first-order chi connectivity index (χ1) is 13.5. The topological polar surface area (TPSA) is 89.7 Å². The Morgan fingerprint density at radius 2 is 2.04 bits per heavy atom. The van der Waals surface area contributed by atoms with Crippen molar-refractivity contribution in [3.05, 3.63) is 90.1 Å². The number of nitrogens with one attached hydrogen (secondary N) is 1. The van der Waals surface area contributed by atoms with Gasteiger partial charge in [-0.1, -0.05) is 30.3 Å². The maximum Gasteiger partial charge on any atom is 0.287 e. The first-order valence-corrected chi connectivity index (χ1v) is 9.95. The Hall–Kier alpha value is -2.53. The summed E-state index contributed by atoms with van der Waals surface area (Å²) in [6.45, 7) is 0.482. The van der Waals surface area contributed by atoms with Gasteiger partial charge < -0.3 is 4.74 Å². The van der Waals surface area contributed by atoms with E-state index in [1.54, 1.807) is 6.21 Å². The summed E-state index contributed by atoms with van der Waals surface area (Å²) in [5.41, 5.74) is 4.63. The lowest BCUT2D eigenvalue weighted by atomic mass is 10.2. The SMILES string of the molecule is O=[N+]([O-])c1ccc(N/N=C\c2cc(Br)c(OCc3ccccc3)c(I)c2)nc1. The van der Waals surface area contributed by atoms with E-state index in [1.807, 2.05) is 42.5 Å². The van der Waals surface area contributed by atoms with Crippen molar-refractivity contribution in [3.63, 3.8) is 0 Å². The summed E-state index contributed by atoms with van der Waals surface area (Å²) >= 11 is 5.76. The van der Waals surface area contributed by atoms with Crippen LogP contribution in [0.2, 0.25) is 0 Å². The molecular weight excluding hydrogens is 539 g/mol. The summed E-state index contributed by atoms with van der Waals surface area (Å²) in [4.78, 5) is 14.1. The number of anilines is 1. The lowest BCUT2D eigenvalue weighted by molar-refractivity contribution is -0.385. The minimum atomic E-state index is -0.499. The van der Waals surface area contributed by atoms with E-state index in [0.29, 0.717) is 12.4 Å². The minimum Gasteiger partial charge on any atom is -0.487 e. The zero-order chi connectivity index (χ0) is 19.9. The second kappa shape index (κ2) is 9.60. The number of aromatic nitrogens is 1. The highest BCUT2D eigenvalue weighted by atomic mass is 127. The highest BCUT2D eigenvalue weighted by Crippen LogP contribution is 2.32. The molecule has 1 heterocycles. The molecule has 0 saturated carbocycles. The minimum absolute atomic E-state index is 0.0703. The summed E-state index contributed by atoms with van der Waals surface area (Å²) in [6, 6.07) is 16.7. The molecular formula is C19H14BrIN4O3. The average molecular weight is 553 g/mol. The van der Waals surface area contributed by atoms with Gasteiger partial charge in [-0.2, -0.15) is 5.10 Å². The Morgan fingerprint density at radius 1 is 1.25 bits per heavy atom. The van der Waals surface area contributed by atoms with Crippen LogP contribution in [-0.4, -0.2) is 16.1 Å². The van der Waals surface area contributed by atoms with Gasteiger partial charge in [0.2, 0.25) is 0 Å². The van der Waals surface area contributed by atoms with Gasteiger partial charge in [-0.05, 0) is 67.8 Å². The maximum atomic E-state index is 10.6. The molecule has 2 aromatic carbocycles. The molecule has 9 heteroatoms. The van der Waals surface area contributed by atoms with E-state index >= 15 is 0 Å². The maximum absolute atomic E-state index is 10.6. The standard InChI is InChI=1S/C19H14BrIN4O3/c20-16-8-14(10-23-24-18-7-6-15(11-22-18)25(26)27)9-17(21)19(16)28-12-13-4-2-1-3-5-13/h1-11H,12H2,(H,22,24)/b23-10-. The molecule has 0 bridgehead atoms. The van der Waals surface area contributed by atoms with Gasteiger partial charge in [-0.25, -0.2) is 4.98 Å². The first kappa shape index (κ1) is 20.2. The molecule has 0 aliphatic heterocycles. The van der Waals surface area contributed by atoms with Crippen LogP contribution in [0.5, 0.6) is 5.75 Å². The van der Waals surface area contributed by atoms with Crippen LogP contribution in [-0.2, 0) is 6.61 Å². The van der Waals surface area contributed by atoms with Gasteiger partial charge in [0.25, 0.3) is 5.69 Å². The molecule has 142 valence electrons. The van der Waals surface area contributed by atoms with E-state index in [4.69, 9.17) is 4.74 Å². The van der Waals surface area contributed by atoms with Crippen LogP contribution in [0.1, 0.15) is 11.1 Å². The summed E-state index contributed by atoms with van der Waals surface area (Å²) in [6.07, 6.45) is 2.81. The van der Waals surface area contributed by atoms with E-state index in [0.717, 1.165) is 24.9 Å². The largest absolute Gasteiger partial charge is 0.487 e. The number of benzene rings is 2. The quantitative estimate of drug-likeness (QED) is 0.184. The molecule has 1 N–H and O–H groups in total. The third-order valence-corrected chi connectivity index (χ3v) is 4.99. The van der Waals surface area contributed by atoms with Crippen LogP contribution in [0.15, 0.2) is 70.4 Å². The molecule has 0 amide bonds. The Kier molecular flexibility index (Phi) is 6.93. The van der Waals surface area contributed by atoms with E-state index in [-0.39, 0.29) is 5.69 Å². The molecule has 28 heavy (non-hydrogen) atoms. The molecule has 7 nitrogen and oxygen atoms in total. The van der Waals surface area contributed by atoms with Crippen molar-refractivity contribution < 1.29 is 9.66 Å². The van der Waals surface area contributed by atoms with Crippen LogP contribution < -0.4 is 10.2 Å². The number of hydrogen-bond donors (Lipinski definition) is 1. The molecule has 0 fully saturated rings. The average Bonchev–Trinajstić information content (AvgIpc) is 2.68. The number of hydrazone groups is 1. The highest BCUT2D eigenvalue weighted by Gasteiger charge is 2.09. The number of pyridine rings is 1. The van der Waals surface area contributed by atoms with Gasteiger partial charge in [0.1, 0.15) is 24.4 Å². The van der Waals surface area contributed by atoms with Gasteiger partial charge >= 0.3 is 0 Å². The van der Waals surface area contributed by atoms with Crippen molar-refractivity contribution in [3.8, 4) is 5.75 Å². The molecule has 0 radical (unpaired) electrons. The number of nitro groups is 1. The summed E-state index contributed by atoms with van der Waals surface area (Å²) in [7, 11) is 0. The normalized spacial score (nSPS) is 10.8. The van der Waals surface area contributed by atoms with Crippen molar-refractivity contribution in [1.29, 1.82) is 0 Å². The Bertz CT molecular complexity index is 975. The smallest absolute Gasteiger partial charge is 0.287 e. The molecule has 0 spiro atoms. The second-order valence-electron chi connectivity index (χ2n) is 5.62. The number of hydrogen-bond acceptors (Lipinski definition) is 6. The molecule has 0 unspecified atom stereocenters. The number of nitrogens with zero attached hydrogens (tertiary/aromatic N) is 3. The molecule has 3 rings (SSSR count). The number of halogens is 2. The third kappa shape index (κ3) is 5.49. The molecule has 0 aliphatic carbocycles. The van der Waals surface area contributed by atoms with Crippen LogP contribution in [0, 0.1) is 13.7 Å². The monoisotopic (exact) mass is 552 g/mol. The zero-order valence-corrected chi connectivity index (χ0v) is 18.1. The van der Waals surface area contributed by atoms with Crippen LogP contribution in [0.25, 0.3) is 0 Å². The number of rotatable bonds is 7. The third-order valence-electron chi connectivity index (χ3n) is 3.60. The van der Waals surface area contributed by atoms with Crippen LogP contribution in [0.3, 0.4) is 0 Å². The second-order valence-corrected chi connectivity index (χ2v) is 7.63. The van der Waals surface area contributed by atoms with E-state index in [2.05, 4.69) is 54.0 Å². The summed E-state index contributed by atoms with van der Waals surface area (Å²) in [5, 5.41) is 14.7. The Balaban J connectivity index is 1.64. The van der Waals surface area contributed by atoms with E-state index < -0.39 is 4.92 Å². The zero-order valence-electron chi connectivity index (χ0n) is 14.4. The fourth-order valence-corrected chi connectivity index (χ4v) is 4.02. The van der Waals surface area contributed by atoms with Crippen molar-refractivity contribution in [1.82, 2.24) is 4.98 Å². The fraction of sp³-hybridized carbons (Fsp3) is 0.0526. The lowest BCUT2D eigenvalue weighted by Gasteiger charge is -2.11. The van der Waals surface area contributed by atoms with Crippen molar-refractivity contribution in [2.24, 2.45) is 5.10 Å². The Labute approximate surface area is 183 Å². The van der Waals surface area contributed by atoms with Gasteiger partial charge in [-0.3, -0.25) is 15.5 Å². The predicted octanol–water partition coefficient (Wildman–Crippen LogP) is 5.38. The van der Waals surface area contributed by atoms with Crippen LogP contribution >= 0.6 is 38.5 Å². The first-order valence-electron chi connectivity index (χ1n) is 8.08. The molecule has 1 aromatic heterocycles. The molecule has 0 aliphatic rings. The van der Waals surface area contributed by atoms with E-state index in [9.17, 15) is 10.1 Å². The number of ether oxygens (including phenoxy) is 1. The van der Waals surface area contributed by atoms with Crippen molar-refractivity contribution >= 4 is 56.2 Å². The van der Waals surface area contributed by atoms with Gasteiger partial charge in [0, 0.05) is 6.07 Å². The van der Waals surface area contributed by atoms with Crippen LogP contribution in [0.4, 0.5) is 11.5 Å². The predicted molar refractivity (Wildman–Crippen MR) is 120 cm³/mol. The Morgan fingerprint density at radius 3 is 2.68 bits per heavy atom. The van der Waals surface area contributed by atoms with E-state index in [1.165, 1.54) is 18.3 Å². The molecule has 3 aromatic rings. The summed E-state index contributed by atoms with van der Waals surface area (Å²) < 4.78 is 7.70.